The molecule has 3 fully saturated rings. The quantitative estimate of drug-likeness (QED) is 0.550. The molecule has 15 heavy (non-hydrogen) atoms. The van der Waals surface area contributed by atoms with Gasteiger partial charge in [-0.2, -0.15) is 0 Å². The number of hydrogen-bond acceptors (Lipinski definition) is 2. The van der Waals surface area contributed by atoms with Gasteiger partial charge in [0.25, 0.3) is 0 Å². The van der Waals surface area contributed by atoms with E-state index in [1.54, 1.807) is 0 Å². The molecule has 0 amide bonds. The Morgan fingerprint density at radius 2 is 1.73 bits per heavy atom. The van der Waals surface area contributed by atoms with Crippen LogP contribution in [0.15, 0.2) is 0 Å². The maximum atomic E-state index is 11.9. The summed E-state index contributed by atoms with van der Waals surface area (Å²) < 4.78 is 5.19. The Kier molecular flexibility index (Phi) is 2.98. The van der Waals surface area contributed by atoms with Gasteiger partial charge in [-0.3, -0.25) is 4.79 Å². The van der Waals surface area contributed by atoms with Crippen molar-refractivity contribution in [2.24, 2.45) is 10.8 Å². The first kappa shape index (κ1) is 11.3. The van der Waals surface area contributed by atoms with Gasteiger partial charge in [-0.25, -0.2) is 0 Å². The summed E-state index contributed by atoms with van der Waals surface area (Å²) in [4.78, 5) is 11.9. The largest absolute Gasteiger partial charge is 0.466 e. The Labute approximate surface area is 96.3 Å². The van der Waals surface area contributed by atoms with Crippen LogP contribution in [0, 0.1) is 10.8 Å². The maximum Gasteiger partial charge on any atom is 0.312 e. The lowest BCUT2D eigenvalue weighted by Crippen LogP contribution is -2.47. The SMILES string of the molecule is CCOC(=O)C12CCC(CCl)(CC1)CC2. The lowest BCUT2D eigenvalue weighted by Gasteiger charge is -2.51. The molecule has 0 aromatic carbocycles. The van der Waals surface area contributed by atoms with E-state index in [9.17, 15) is 4.79 Å². The summed E-state index contributed by atoms with van der Waals surface area (Å²) in [5, 5.41) is 0. The van der Waals surface area contributed by atoms with Crippen LogP contribution >= 0.6 is 11.6 Å². The molecule has 2 bridgehead atoms. The minimum absolute atomic E-state index is 0.0351. The van der Waals surface area contributed by atoms with Crippen molar-refractivity contribution in [2.45, 2.75) is 45.4 Å². The van der Waals surface area contributed by atoms with Gasteiger partial charge in [-0.05, 0) is 50.9 Å². The molecule has 0 unspecified atom stereocenters. The molecule has 0 aromatic rings. The zero-order chi connectivity index (χ0) is 10.9. The standard InChI is InChI=1S/C12H19ClO2/c1-2-15-10(14)12-6-3-11(9-13,4-7-12)5-8-12/h2-9H2,1H3. The minimum Gasteiger partial charge on any atom is -0.466 e. The summed E-state index contributed by atoms with van der Waals surface area (Å²) in [7, 11) is 0. The van der Waals surface area contributed by atoms with E-state index in [0.29, 0.717) is 12.0 Å². The van der Waals surface area contributed by atoms with E-state index in [-0.39, 0.29) is 11.4 Å². The van der Waals surface area contributed by atoms with Crippen LogP contribution in [0.4, 0.5) is 0 Å². The predicted molar refractivity (Wildman–Crippen MR) is 59.9 cm³/mol. The molecule has 3 heteroatoms. The van der Waals surface area contributed by atoms with Crippen molar-refractivity contribution in [1.82, 2.24) is 0 Å². The molecule has 0 aromatic heterocycles. The molecule has 86 valence electrons. The first-order chi connectivity index (χ1) is 7.16. The smallest absolute Gasteiger partial charge is 0.312 e. The van der Waals surface area contributed by atoms with Crippen molar-refractivity contribution in [3.05, 3.63) is 0 Å². The highest BCUT2D eigenvalue weighted by Gasteiger charge is 2.52. The number of carbonyl (C=O) groups excluding carboxylic acids is 1. The van der Waals surface area contributed by atoms with Gasteiger partial charge in [0, 0.05) is 5.88 Å². The normalized spacial score (nSPS) is 39.1. The van der Waals surface area contributed by atoms with Crippen molar-refractivity contribution in [1.29, 1.82) is 0 Å². The van der Waals surface area contributed by atoms with E-state index in [1.165, 1.54) is 0 Å². The van der Waals surface area contributed by atoms with E-state index in [4.69, 9.17) is 16.3 Å². The Morgan fingerprint density at radius 3 is 2.13 bits per heavy atom. The first-order valence-corrected chi connectivity index (χ1v) is 6.43. The lowest BCUT2D eigenvalue weighted by molar-refractivity contribution is -0.164. The van der Waals surface area contributed by atoms with Crippen molar-refractivity contribution in [3.63, 3.8) is 0 Å². The molecule has 3 aliphatic rings. The van der Waals surface area contributed by atoms with Crippen LogP contribution in [0.2, 0.25) is 0 Å². The van der Waals surface area contributed by atoms with Gasteiger partial charge in [0.1, 0.15) is 0 Å². The molecule has 0 saturated heterocycles. The van der Waals surface area contributed by atoms with Gasteiger partial charge in [0.05, 0.1) is 12.0 Å². The molecule has 3 rings (SSSR count). The van der Waals surface area contributed by atoms with Gasteiger partial charge in [-0.15, -0.1) is 11.6 Å². The molecular weight excluding hydrogens is 212 g/mol. The summed E-state index contributed by atoms with van der Waals surface area (Å²) in [6, 6.07) is 0. The van der Waals surface area contributed by atoms with E-state index >= 15 is 0 Å². The molecule has 0 aliphatic heterocycles. The Bertz CT molecular complexity index is 238. The summed E-state index contributed by atoms with van der Waals surface area (Å²) in [5.74, 6) is 0.791. The molecule has 0 heterocycles. The van der Waals surface area contributed by atoms with Crippen LogP contribution < -0.4 is 0 Å². The Hall–Kier alpha value is -0.240. The second-order valence-corrected chi connectivity index (χ2v) is 5.40. The Morgan fingerprint density at radius 1 is 1.20 bits per heavy atom. The highest BCUT2D eigenvalue weighted by atomic mass is 35.5. The average Bonchev–Trinajstić information content (AvgIpc) is 2.32. The third-order valence-corrected chi connectivity index (χ3v) is 4.96. The molecule has 3 saturated carbocycles. The fourth-order valence-corrected chi connectivity index (χ4v) is 3.46. The van der Waals surface area contributed by atoms with Crippen LogP contribution in [0.3, 0.4) is 0 Å². The zero-order valence-electron chi connectivity index (χ0n) is 9.35. The highest BCUT2D eigenvalue weighted by molar-refractivity contribution is 6.18. The lowest BCUT2D eigenvalue weighted by atomic mass is 9.54. The zero-order valence-corrected chi connectivity index (χ0v) is 10.1. The van der Waals surface area contributed by atoms with Gasteiger partial charge >= 0.3 is 5.97 Å². The number of carbonyl (C=O) groups is 1. The van der Waals surface area contributed by atoms with Crippen LogP contribution in [0.25, 0.3) is 0 Å². The summed E-state index contributed by atoms with van der Waals surface area (Å²) in [5.41, 5.74) is 0.194. The molecule has 0 N–H and O–H groups in total. The first-order valence-electron chi connectivity index (χ1n) is 5.90. The molecule has 0 radical (unpaired) electrons. The maximum absolute atomic E-state index is 11.9. The van der Waals surface area contributed by atoms with E-state index in [1.807, 2.05) is 6.92 Å². The van der Waals surface area contributed by atoms with Crippen molar-refractivity contribution in [3.8, 4) is 0 Å². The summed E-state index contributed by atoms with van der Waals surface area (Å²) >= 11 is 6.03. The summed E-state index contributed by atoms with van der Waals surface area (Å²) in [6.07, 6.45) is 6.27. The van der Waals surface area contributed by atoms with Crippen LogP contribution in [-0.4, -0.2) is 18.5 Å². The van der Waals surface area contributed by atoms with E-state index in [2.05, 4.69) is 0 Å². The fourth-order valence-electron chi connectivity index (χ4n) is 3.05. The Balaban J connectivity index is 2.06. The van der Waals surface area contributed by atoms with E-state index in [0.717, 1.165) is 44.4 Å². The van der Waals surface area contributed by atoms with Crippen LogP contribution in [0.5, 0.6) is 0 Å². The van der Waals surface area contributed by atoms with Gasteiger partial charge in [-0.1, -0.05) is 0 Å². The molecular formula is C12H19ClO2. The number of rotatable bonds is 3. The van der Waals surface area contributed by atoms with E-state index < -0.39 is 0 Å². The number of hydrogen-bond donors (Lipinski definition) is 0. The molecule has 0 spiro atoms. The highest BCUT2D eigenvalue weighted by Crippen LogP contribution is 2.57. The fraction of sp³-hybridized carbons (Fsp3) is 0.917. The third-order valence-electron chi connectivity index (χ3n) is 4.39. The average molecular weight is 231 g/mol. The second kappa shape index (κ2) is 3.97. The number of esters is 1. The topological polar surface area (TPSA) is 26.3 Å². The predicted octanol–water partition coefficient (Wildman–Crippen LogP) is 3.13. The minimum atomic E-state index is -0.149. The van der Waals surface area contributed by atoms with Crippen molar-refractivity contribution in [2.75, 3.05) is 12.5 Å². The third kappa shape index (κ3) is 1.77. The monoisotopic (exact) mass is 230 g/mol. The number of fused-ring (bicyclic) bond motifs is 3. The van der Waals surface area contributed by atoms with Gasteiger partial charge < -0.3 is 4.74 Å². The second-order valence-electron chi connectivity index (χ2n) is 5.13. The van der Waals surface area contributed by atoms with Crippen molar-refractivity contribution < 1.29 is 9.53 Å². The van der Waals surface area contributed by atoms with Crippen molar-refractivity contribution >= 4 is 17.6 Å². The molecule has 3 aliphatic carbocycles. The molecule has 2 nitrogen and oxygen atoms in total. The number of ether oxygens (including phenoxy) is 1. The number of halogens is 1. The summed E-state index contributed by atoms with van der Waals surface area (Å²) in [6.45, 7) is 2.38. The van der Waals surface area contributed by atoms with Gasteiger partial charge in [0.2, 0.25) is 0 Å². The molecule has 0 atom stereocenters. The number of alkyl halides is 1. The van der Waals surface area contributed by atoms with Gasteiger partial charge in [0.15, 0.2) is 0 Å². The van der Waals surface area contributed by atoms with Crippen LogP contribution in [0.1, 0.15) is 45.4 Å². The van der Waals surface area contributed by atoms with Crippen LogP contribution in [-0.2, 0) is 9.53 Å².